The molecular weight excluding hydrogens is 232 g/mol. The van der Waals surface area contributed by atoms with Crippen molar-refractivity contribution in [2.24, 2.45) is 0 Å². The zero-order chi connectivity index (χ0) is 13.7. The summed E-state index contributed by atoms with van der Waals surface area (Å²) in [7, 11) is 0. The first kappa shape index (κ1) is 14.6. The molecule has 0 unspecified atom stereocenters. The lowest BCUT2D eigenvalue weighted by Crippen LogP contribution is -2.27. The summed E-state index contributed by atoms with van der Waals surface area (Å²) in [4.78, 5) is 0. The summed E-state index contributed by atoms with van der Waals surface area (Å²) in [5, 5.41) is 11.2. The van der Waals surface area contributed by atoms with Crippen molar-refractivity contribution < 1.29 is 5.11 Å². The number of aliphatic hydroxyl groups is 1. The molecule has 1 fully saturated rings. The summed E-state index contributed by atoms with van der Waals surface area (Å²) in [6.07, 6.45) is 10.8. The smallest absolute Gasteiger partial charge is 0.0899 e. The Morgan fingerprint density at radius 3 is 1.95 bits per heavy atom. The lowest BCUT2D eigenvalue weighted by molar-refractivity contribution is 0.0117. The van der Waals surface area contributed by atoms with E-state index < -0.39 is 5.60 Å². The highest BCUT2D eigenvalue weighted by molar-refractivity contribution is 5.37. The molecule has 1 saturated carbocycles. The summed E-state index contributed by atoms with van der Waals surface area (Å²) < 4.78 is 0. The second-order valence-electron chi connectivity index (χ2n) is 6.25. The standard InChI is InChI=1S/C18H28O/c1-15-11-10-12-17(16(15)2)18(19)13-8-6-4-3-5-7-9-14-18/h10-12,19H,3-9,13-14H2,1-2H3. The van der Waals surface area contributed by atoms with Crippen molar-refractivity contribution >= 4 is 0 Å². The lowest BCUT2D eigenvalue weighted by Gasteiger charge is -2.31. The average Bonchev–Trinajstić information content (AvgIpc) is 2.40. The molecule has 1 aliphatic carbocycles. The lowest BCUT2D eigenvalue weighted by atomic mass is 9.80. The topological polar surface area (TPSA) is 20.2 Å². The van der Waals surface area contributed by atoms with E-state index in [1.165, 1.54) is 48.8 Å². The summed E-state index contributed by atoms with van der Waals surface area (Å²) in [6, 6.07) is 6.37. The van der Waals surface area contributed by atoms with Gasteiger partial charge < -0.3 is 5.11 Å². The van der Waals surface area contributed by atoms with Gasteiger partial charge in [0.15, 0.2) is 0 Å². The molecular formula is C18H28O. The molecule has 0 heterocycles. The highest BCUT2D eigenvalue weighted by Crippen LogP contribution is 2.36. The van der Waals surface area contributed by atoms with Crippen LogP contribution in [0.25, 0.3) is 0 Å². The summed E-state index contributed by atoms with van der Waals surface area (Å²) in [5.74, 6) is 0. The molecule has 106 valence electrons. The highest BCUT2D eigenvalue weighted by Gasteiger charge is 2.30. The molecule has 1 N–H and O–H groups in total. The van der Waals surface area contributed by atoms with Crippen molar-refractivity contribution in [2.75, 3.05) is 0 Å². The van der Waals surface area contributed by atoms with Gasteiger partial charge in [0.1, 0.15) is 0 Å². The van der Waals surface area contributed by atoms with Crippen LogP contribution in [0.5, 0.6) is 0 Å². The third-order valence-corrected chi connectivity index (χ3v) is 4.79. The van der Waals surface area contributed by atoms with Gasteiger partial charge in [-0.05, 0) is 43.4 Å². The Labute approximate surface area is 118 Å². The molecule has 0 radical (unpaired) electrons. The van der Waals surface area contributed by atoms with E-state index in [9.17, 15) is 5.11 Å². The Morgan fingerprint density at radius 1 is 0.842 bits per heavy atom. The Morgan fingerprint density at radius 2 is 1.37 bits per heavy atom. The van der Waals surface area contributed by atoms with Crippen LogP contribution in [0.2, 0.25) is 0 Å². The Hall–Kier alpha value is -0.820. The number of hydrogen-bond acceptors (Lipinski definition) is 1. The number of rotatable bonds is 1. The first-order chi connectivity index (χ1) is 9.13. The van der Waals surface area contributed by atoms with Gasteiger partial charge >= 0.3 is 0 Å². The summed E-state index contributed by atoms with van der Waals surface area (Å²) in [5.41, 5.74) is 3.16. The van der Waals surface area contributed by atoms with E-state index in [1.54, 1.807) is 0 Å². The van der Waals surface area contributed by atoms with E-state index in [1.807, 2.05) is 0 Å². The van der Waals surface area contributed by atoms with Gasteiger partial charge in [0.25, 0.3) is 0 Å². The number of benzene rings is 1. The van der Waals surface area contributed by atoms with E-state index in [0.717, 1.165) is 25.7 Å². The molecule has 1 nitrogen and oxygen atoms in total. The van der Waals surface area contributed by atoms with Gasteiger partial charge in [-0.15, -0.1) is 0 Å². The molecule has 0 spiro atoms. The van der Waals surface area contributed by atoms with E-state index in [2.05, 4.69) is 32.0 Å². The number of aryl methyl sites for hydroxylation is 1. The third kappa shape index (κ3) is 3.60. The SMILES string of the molecule is Cc1cccc(C2(O)CCCCCCCCC2)c1C. The molecule has 0 amide bonds. The fraction of sp³-hybridized carbons (Fsp3) is 0.667. The van der Waals surface area contributed by atoms with E-state index in [0.29, 0.717) is 0 Å². The van der Waals surface area contributed by atoms with Crippen molar-refractivity contribution in [1.29, 1.82) is 0 Å². The van der Waals surface area contributed by atoms with Gasteiger partial charge in [0.05, 0.1) is 5.60 Å². The molecule has 1 aromatic carbocycles. The first-order valence-electron chi connectivity index (χ1n) is 7.92. The van der Waals surface area contributed by atoms with E-state index in [-0.39, 0.29) is 0 Å². The van der Waals surface area contributed by atoms with Crippen LogP contribution in [0.3, 0.4) is 0 Å². The molecule has 0 bridgehead atoms. The largest absolute Gasteiger partial charge is 0.385 e. The number of hydrogen-bond donors (Lipinski definition) is 1. The van der Waals surface area contributed by atoms with Crippen LogP contribution in [-0.4, -0.2) is 5.11 Å². The second kappa shape index (κ2) is 6.56. The van der Waals surface area contributed by atoms with Crippen LogP contribution in [-0.2, 0) is 5.60 Å². The second-order valence-corrected chi connectivity index (χ2v) is 6.25. The minimum atomic E-state index is -0.590. The Balaban J connectivity index is 2.23. The van der Waals surface area contributed by atoms with Crippen molar-refractivity contribution in [3.05, 3.63) is 34.9 Å². The maximum absolute atomic E-state index is 11.2. The van der Waals surface area contributed by atoms with Crippen LogP contribution in [0.4, 0.5) is 0 Å². The molecule has 0 aromatic heterocycles. The normalized spacial score (nSPS) is 21.0. The van der Waals surface area contributed by atoms with Gasteiger partial charge in [-0.3, -0.25) is 0 Å². The minimum absolute atomic E-state index is 0.590. The van der Waals surface area contributed by atoms with Crippen LogP contribution < -0.4 is 0 Å². The molecule has 1 heteroatoms. The van der Waals surface area contributed by atoms with Gasteiger partial charge in [-0.25, -0.2) is 0 Å². The van der Waals surface area contributed by atoms with Crippen molar-refractivity contribution in [2.45, 2.75) is 77.2 Å². The quantitative estimate of drug-likeness (QED) is 0.752. The van der Waals surface area contributed by atoms with Gasteiger partial charge in [0.2, 0.25) is 0 Å². The average molecular weight is 260 g/mol. The maximum atomic E-state index is 11.2. The van der Waals surface area contributed by atoms with Gasteiger partial charge in [0, 0.05) is 0 Å². The Bertz CT molecular complexity index is 398. The van der Waals surface area contributed by atoms with E-state index in [4.69, 9.17) is 0 Å². The van der Waals surface area contributed by atoms with Gasteiger partial charge in [-0.1, -0.05) is 63.1 Å². The molecule has 0 atom stereocenters. The fourth-order valence-corrected chi connectivity index (χ4v) is 3.37. The van der Waals surface area contributed by atoms with E-state index >= 15 is 0 Å². The zero-order valence-corrected chi connectivity index (χ0v) is 12.5. The van der Waals surface area contributed by atoms with Crippen molar-refractivity contribution in [1.82, 2.24) is 0 Å². The Kier molecular flexibility index (Phi) is 5.04. The van der Waals surface area contributed by atoms with Crippen LogP contribution >= 0.6 is 0 Å². The fourth-order valence-electron chi connectivity index (χ4n) is 3.37. The third-order valence-electron chi connectivity index (χ3n) is 4.79. The molecule has 2 rings (SSSR count). The first-order valence-corrected chi connectivity index (χ1v) is 7.92. The molecule has 1 aromatic rings. The van der Waals surface area contributed by atoms with Crippen molar-refractivity contribution in [3.63, 3.8) is 0 Å². The monoisotopic (exact) mass is 260 g/mol. The summed E-state index contributed by atoms with van der Waals surface area (Å²) >= 11 is 0. The zero-order valence-electron chi connectivity index (χ0n) is 12.5. The maximum Gasteiger partial charge on any atom is 0.0899 e. The predicted molar refractivity (Wildman–Crippen MR) is 81.4 cm³/mol. The van der Waals surface area contributed by atoms with Crippen LogP contribution in [0.15, 0.2) is 18.2 Å². The highest BCUT2D eigenvalue weighted by atomic mass is 16.3. The van der Waals surface area contributed by atoms with Gasteiger partial charge in [-0.2, -0.15) is 0 Å². The molecule has 0 aliphatic heterocycles. The molecule has 1 aliphatic rings. The molecule has 0 saturated heterocycles. The van der Waals surface area contributed by atoms with Crippen LogP contribution in [0.1, 0.15) is 74.5 Å². The summed E-state index contributed by atoms with van der Waals surface area (Å²) in [6.45, 7) is 4.30. The van der Waals surface area contributed by atoms with Crippen molar-refractivity contribution in [3.8, 4) is 0 Å². The minimum Gasteiger partial charge on any atom is -0.385 e. The predicted octanol–water partition coefficient (Wildman–Crippen LogP) is 5.02. The van der Waals surface area contributed by atoms with Crippen LogP contribution in [0, 0.1) is 13.8 Å². The molecule has 19 heavy (non-hydrogen) atoms.